The largest absolute Gasteiger partial charge is 0.455 e. The van der Waals surface area contributed by atoms with Gasteiger partial charge in [-0.25, -0.2) is 0 Å². The Labute approximate surface area is 112 Å². The molecule has 1 rings (SSSR count). The molecule has 1 aliphatic rings. The van der Waals surface area contributed by atoms with Crippen molar-refractivity contribution >= 4 is 17.8 Å². The molecule has 0 saturated heterocycles. The first kappa shape index (κ1) is 15.2. The van der Waals surface area contributed by atoms with Crippen molar-refractivity contribution in [3.8, 4) is 0 Å². The van der Waals surface area contributed by atoms with Gasteiger partial charge in [-0.3, -0.25) is 14.4 Å². The molecule has 1 aliphatic carbocycles. The van der Waals surface area contributed by atoms with Crippen LogP contribution in [0.1, 0.15) is 19.3 Å². The summed E-state index contributed by atoms with van der Waals surface area (Å²) in [4.78, 5) is 35.7. The van der Waals surface area contributed by atoms with Crippen LogP contribution in [0.25, 0.3) is 0 Å². The molecule has 0 aliphatic heterocycles. The number of carbonyl (C=O) groups excluding carboxylic acids is 3. The maximum Gasteiger partial charge on any atom is 0.309 e. The number of esters is 1. The van der Waals surface area contributed by atoms with Crippen molar-refractivity contribution in [2.45, 2.75) is 19.3 Å². The van der Waals surface area contributed by atoms with E-state index in [2.05, 4.69) is 5.32 Å². The molecular formula is C13H20N2O4. The van der Waals surface area contributed by atoms with Crippen molar-refractivity contribution in [3.63, 3.8) is 0 Å². The predicted molar refractivity (Wildman–Crippen MR) is 69.1 cm³/mol. The molecule has 19 heavy (non-hydrogen) atoms. The smallest absolute Gasteiger partial charge is 0.309 e. The zero-order valence-corrected chi connectivity index (χ0v) is 11.3. The van der Waals surface area contributed by atoms with Crippen LogP contribution >= 0.6 is 0 Å². The molecule has 0 unspecified atom stereocenters. The van der Waals surface area contributed by atoms with Crippen LogP contribution in [0.3, 0.4) is 0 Å². The molecule has 0 saturated carbocycles. The van der Waals surface area contributed by atoms with Gasteiger partial charge in [0.05, 0.1) is 12.5 Å². The molecule has 1 N–H and O–H groups in total. The van der Waals surface area contributed by atoms with Crippen LogP contribution in [0.2, 0.25) is 0 Å². The molecule has 0 fully saturated rings. The molecule has 0 radical (unpaired) electrons. The van der Waals surface area contributed by atoms with Crippen LogP contribution in [-0.4, -0.2) is 49.9 Å². The Balaban J connectivity index is 2.31. The van der Waals surface area contributed by atoms with Gasteiger partial charge in [-0.15, -0.1) is 0 Å². The summed E-state index contributed by atoms with van der Waals surface area (Å²) in [5, 5.41) is 2.42. The van der Waals surface area contributed by atoms with E-state index in [1.54, 1.807) is 0 Å². The average molecular weight is 268 g/mol. The third kappa shape index (κ3) is 5.11. The average Bonchev–Trinajstić information content (AvgIpc) is 2.44. The summed E-state index contributed by atoms with van der Waals surface area (Å²) in [7, 11) is 2.99. The van der Waals surface area contributed by atoms with E-state index in [-0.39, 0.29) is 36.9 Å². The number of carbonyl (C=O) groups is 3. The Bertz CT molecular complexity index is 379. The first-order valence-corrected chi connectivity index (χ1v) is 6.30. The summed E-state index contributed by atoms with van der Waals surface area (Å²) in [6.07, 6.45) is 6.28. The Kier molecular flexibility index (Phi) is 6.05. The number of hydrogen-bond donors (Lipinski definition) is 1. The molecular weight excluding hydrogens is 248 g/mol. The first-order valence-electron chi connectivity index (χ1n) is 6.30. The summed E-state index contributed by atoms with van der Waals surface area (Å²) < 4.78 is 4.98. The van der Waals surface area contributed by atoms with Gasteiger partial charge in [0.15, 0.2) is 6.61 Å². The van der Waals surface area contributed by atoms with Gasteiger partial charge in [0, 0.05) is 14.1 Å². The van der Waals surface area contributed by atoms with Crippen molar-refractivity contribution in [2.24, 2.45) is 5.92 Å². The third-order valence-corrected chi connectivity index (χ3v) is 3.03. The minimum atomic E-state index is -0.386. The minimum absolute atomic E-state index is 0.0426. The fraction of sp³-hybridized carbons (Fsp3) is 0.615. The van der Waals surface area contributed by atoms with E-state index in [1.807, 2.05) is 12.2 Å². The van der Waals surface area contributed by atoms with Gasteiger partial charge in [0.2, 0.25) is 5.91 Å². The Morgan fingerprint density at radius 3 is 2.68 bits per heavy atom. The SMILES string of the molecule is CNC(=O)CN(C)C(=O)COC(=O)[C@@H]1CC=CCC1. The predicted octanol–water partition coefficient (Wildman–Crippen LogP) is 0.0903. The minimum Gasteiger partial charge on any atom is -0.455 e. The first-order chi connectivity index (χ1) is 9.04. The molecule has 6 nitrogen and oxygen atoms in total. The van der Waals surface area contributed by atoms with Gasteiger partial charge in [-0.05, 0) is 19.3 Å². The normalized spacial score (nSPS) is 17.7. The summed E-state index contributed by atoms with van der Waals surface area (Å²) in [6, 6.07) is 0. The number of allylic oxidation sites excluding steroid dienone is 2. The topological polar surface area (TPSA) is 75.7 Å². The summed E-state index contributed by atoms with van der Waals surface area (Å²) in [6.45, 7) is -0.356. The molecule has 1 atom stereocenters. The number of nitrogens with zero attached hydrogens (tertiary/aromatic N) is 1. The standard InChI is InChI=1S/C13H20N2O4/c1-14-11(16)8-15(2)12(17)9-19-13(18)10-6-4-3-5-7-10/h3-4,10H,5-9H2,1-2H3,(H,14,16)/t10-/m1/s1. The second kappa shape index (κ2) is 7.56. The fourth-order valence-electron chi connectivity index (χ4n) is 1.75. The molecule has 0 aromatic rings. The van der Waals surface area contributed by atoms with E-state index in [9.17, 15) is 14.4 Å². The Morgan fingerprint density at radius 2 is 2.11 bits per heavy atom. The number of amides is 2. The summed E-state index contributed by atoms with van der Waals surface area (Å²) in [5.41, 5.74) is 0. The zero-order chi connectivity index (χ0) is 14.3. The van der Waals surface area contributed by atoms with E-state index in [0.29, 0.717) is 6.42 Å². The second-order valence-corrected chi connectivity index (χ2v) is 4.51. The second-order valence-electron chi connectivity index (χ2n) is 4.51. The molecule has 106 valence electrons. The molecule has 6 heteroatoms. The number of nitrogens with one attached hydrogen (secondary N) is 1. The van der Waals surface area contributed by atoms with E-state index in [0.717, 1.165) is 12.8 Å². The Hall–Kier alpha value is -1.85. The van der Waals surface area contributed by atoms with E-state index >= 15 is 0 Å². The van der Waals surface area contributed by atoms with Gasteiger partial charge in [-0.2, -0.15) is 0 Å². The molecule has 0 aromatic heterocycles. The molecule has 0 heterocycles. The maximum atomic E-state index is 11.7. The highest BCUT2D eigenvalue weighted by Gasteiger charge is 2.22. The van der Waals surface area contributed by atoms with Gasteiger partial charge in [-0.1, -0.05) is 12.2 Å². The summed E-state index contributed by atoms with van der Waals surface area (Å²) in [5.74, 6) is -1.14. The lowest BCUT2D eigenvalue weighted by molar-refractivity contribution is -0.155. The van der Waals surface area contributed by atoms with Gasteiger partial charge < -0.3 is 15.0 Å². The van der Waals surface area contributed by atoms with Crippen molar-refractivity contribution < 1.29 is 19.1 Å². The van der Waals surface area contributed by atoms with Crippen molar-refractivity contribution in [2.75, 3.05) is 27.2 Å². The molecule has 2 amide bonds. The fourth-order valence-corrected chi connectivity index (χ4v) is 1.75. The molecule has 0 bridgehead atoms. The number of ether oxygens (including phenoxy) is 1. The van der Waals surface area contributed by atoms with Crippen molar-refractivity contribution in [1.82, 2.24) is 10.2 Å². The highest BCUT2D eigenvalue weighted by molar-refractivity contribution is 5.86. The van der Waals surface area contributed by atoms with E-state index in [1.165, 1.54) is 19.0 Å². The van der Waals surface area contributed by atoms with Crippen LogP contribution in [0, 0.1) is 5.92 Å². The van der Waals surface area contributed by atoms with Gasteiger partial charge >= 0.3 is 5.97 Å². The van der Waals surface area contributed by atoms with E-state index < -0.39 is 0 Å². The molecule has 0 aromatic carbocycles. The van der Waals surface area contributed by atoms with Crippen molar-refractivity contribution in [1.29, 1.82) is 0 Å². The monoisotopic (exact) mass is 268 g/mol. The van der Waals surface area contributed by atoms with Crippen molar-refractivity contribution in [3.05, 3.63) is 12.2 Å². The lowest BCUT2D eigenvalue weighted by Crippen LogP contribution is -2.39. The van der Waals surface area contributed by atoms with Crippen LogP contribution in [0.4, 0.5) is 0 Å². The number of likely N-dealkylation sites (N-methyl/N-ethyl adjacent to an activating group) is 2. The van der Waals surface area contributed by atoms with Crippen LogP contribution in [0.15, 0.2) is 12.2 Å². The van der Waals surface area contributed by atoms with Crippen LogP contribution in [0.5, 0.6) is 0 Å². The highest BCUT2D eigenvalue weighted by Crippen LogP contribution is 2.19. The molecule has 0 spiro atoms. The lowest BCUT2D eigenvalue weighted by Gasteiger charge is -2.19. The lowest BCUT2D eigenvalue weighted by atomic mass is 9.95. The third-order valence-electron chi connectivity index (χ3n) is 3.03. The summed E-state index contributed by atoms with van der Waals surface area (Å²) >= 11 is 0. The quantitative estimate of drug-likeness (QED) is 0.566. The number of rotatable bonds is 5. The van der Waals surface area contributed by atoms with E-state index in [4.69, 9.17) is 4.74 Å². The van der Waals surface area contributed by atoms with Gasteiger partial charge in [0.1, 0.15) is 0 Å². The number of hydrogen-bond acceptors (Lipinski definition) is 4. The maximum absolute atomic E-state index is 11.7. The highest BCUT2D eigenvalue weighted by atomic mass is 16.5. The van der Waals surface area contributed by atoms with Crippen LogP contribution in [-0.2, 0) is 19.1 Å². The van der Waals surface area contributed by atoms with Gasteiger partial charge in [0.25, 0.3) is 5.91 Å². The zero-order valence-electron chi connectivity index (χ0n) is 11.3. The Morgan fingerprint density at radius 1 is 1.37 bits per heavy atom. The van der Waals surface area contributed by atoms with Crippen LogP contribution < -0.4 is 5.32 Å².